The van der Waals surface area contributed by atoms with E-state index >= 15 is 0 Å². The van der Waals surface area contributed by atoms with E-state index in [-0.39, 0.29) is 22.6 Å². The van der Waals surface area contributed by atoms with E-state index < -0.39 is 22.1 Å². The molecule has 8 heteroatoms. The molecule has 6 nitrogen and oxygen atoms in total. The van der Waals surface area contributed by atoms with Crippen LogP contribution in [0.3, 0.4) is 0 Å². The lowest BCUT2D eigenvalue weighted by molar-refractivity contribution is 0.139. The van der Waals surface area contributed by atoms with Crippen molar-refractivity contribution in [2.24, 2.45) is 0 Å². The minimum atomic E-state index is -3.87. The summed E-state index contributed by atoms with van der Waals surface area (Å²) in [6.07, 6.45) is 2.57. The maximum Gasteiger partial charge on any atom is 0.265 e. The molecule has 0 bridgehead atoms. The van der Waals surface area contributed by atoms with Crippen LogP contribution in [0, 0.1) is 5.82 Å². The zero-order valence-corrected chi connectivity index (χ0v) is 14.6. The summed E-state index contributed by atoms with van der Waals surface area (Å²) in [5, 5.41) is 15.1. The minimum absolute atomic E-state index is 0.155. The summed E-state index contributed by atoms with van der Waals surface area (Å²) in [6.45, 7) is 0.458. The lowest BCUT2D eigenvalue weighted by atomic mass is 10.1. The summed E-state index contributed by atoms with van der Waals surface area (Å²) < 4.78 is 41.5. The van der Waals surface area contributed by atoms with E-state index in [0.717, 1.165) is 9.54 Å². The second-order valence-corrected chi connectivity index (χ2v) is 7.74. The number of nitrogens with zero attached hydrogens (tertiary/aromatic N) is 1. The Bertz CT molecular complexity index is 906. The second kappa shape index (κ2) is 6.99. The molecule has 25 heavy (non-hydrogen) atoms. The van der Waals surface area contributed by atoms with Gasteiger partial charge >= 0.3 is 0 Å². The number of hydrogen-bond acceptors (Lipinski definition) is 5. The fraction of sp³-hybridized carbons (Fsp3) is 0.294. The molecule has 1 atom stereocenters. The Hall–Kier alpha value is -2.16. The molecule has 3 rings (SSSR count). The maximum atomic E-state index is 14.2. The molecule has 0 saturated carbocycles. The Labute approximate surface area is 146 Å². The molecule has 1 aromatic heterocycles. The predicted octanol–water partition coefficient (Wildman–Crippen LogP) is 1.73. The number of hydrogen-bond donors (Lipinski definition) is 3. The van der Waals surface area contributed by atoms with Gasteiger partial charge in [0.1, 0.15) is 12.0 Å². The Morgan fingerprint density at radius 1 is 1.40 bits per heavy atom. The van der Waals surface area contributed by atoms with Crippen LogP contribution >= 0.6 is 0 Å². The molecule has 0 aliphatic carbocycles. The van der Waals surface area contributed by atoms with Crippen molar-refractivity contribution in [3.05, 3.63) is 59.0 Å². The van der Waals surface area contributed by atoms with Crippen LogP contribution < -0.4 is 10.6 Å². The van der Waals surface area contributed by atoms with Gasteiger partial charge in [-0.25, -0.2) is 16.8 Å². The van der Waals surface area contributed by atoms with Gasteiger partial charge in [0, 0.05) is 24.5 Å². The van der Waals surface area contributed by atoms with Gasteiger partial charge in [0.05, 0.1) is 10.6 Å². The van der Waals surface area contributed by atoms with E-state index in [4.69, 9.17) is 0 Å². The molecule has 0 spiro atoms. The lowest BCUT2D eigenvalue weighted by Gasteiger charge is -2.20. The molecule has 2 aromatic rings. The largest absolute Gasteiger partial charge is 0.374 e. The molecule has 0 saturated heterocycles. The predicted molar refractivity (Wildman–Crippen MR) is 93.4 cm³/mol. The first-order chi connectivity index (χ1) is 11.9. The number of aromatic nitrogens is 1. The molecule has 2 heterocycles. The van der Waals surface area contributed by atoms with Crippen LogP contribution in [0.15, 0.2) is 47.6 Å². The van der Waals surface area contributed by atoms with Gasteiger partial charge in [-0.15, -0.1) is 0 Å². The van der Waals surface area contributed by atoms with Crippen molar-refractivity contribution >= 4 is 10.0 Å². The first kappa shape index (κ1) is 17.7. The molecular weight excluding hydrogens is 345 g/mol. The van der Waals surface area contributed by atoms with E-state index in [1.807, 2.05) is 0 Å². The van der Waals surface area contributed by atoms with Crippen molar-refractivity contribution in [2.45, 2.75) is 25.6 Å². The van der Waals surface area contributed by atoms with Gasteiger partial charge in [0.25, 0.3) is 10.0 Å². The van der Waals surface area contributed by atoms with E-state index in [1.54, 1.807) is 31.3 Å². The van der Waals surface area contributed by atoms with Crippen LogP contribution in [0.1, 0.15) is 18.4 Å². The Balaban J connectivity index is 2.13. The Morgan fingerprint density at radius 3 is 2.80 bits per heavy atom. The van der Waals surface area contributed by atoms with Crippen LogP contribution in [0.2, 0.25) is 0 Å². The quantitative estimate of drug-likeness (QED) is 0.752. The monoisotopic (exact) mass is 365 g/mol. The van der Waals surface area contributed by atoms with E-state index in [9.17, 15) is 17.9 Å². The van der Waals surface area contributed by atoms with Crippen molar-refractivity contribution < 1.29 is 17.9 Å². The van der Waals surface area contributed by atoms with Crippen LogP contribution in [0.25, 0.3) is 11.3 Å². The average molecular weight is 365 g/mol. The van der Waals surface area contributed by atoms with Gasteiger partial charge in [-0.1, -0.05) is 12.1 Å². The number of allylic oxidation sites excluding steroid dienone is 1. The molecule has 1 aliphatic rings. The molecular formula is C17H20FN3O3S. The summed E-state index contributed by atoms with van der Waals surface area (Å²) in [6, 6.07) is 7.74. The highest BCUT2D eigenvalue weighted by Gasteiger charge is 2.27. The van der Waals surface area contributed by atoms with Crippen molar-refractivity contribution in [1.29, 1.82) is 0 Å². The summed E-state index contributed by atoms with van der Waals surface area (Å²) in [7, 11) is -2.12. The van der Waals surface area contributed by atoms with Crippen molar-refractivity contribution in [2.75, 3.05) is 7.05 Å². The average Bonchev–Trinajstić information content (AvgIpc) is 3.00. The first-order valence-corrected chi connectivity index (χ1v) is 9.37. The van der Waals surface area contributed by atoms with Gasteiger partial charge in [0.15, 0.2) is 0 Å². The fourth-order valence-electron chi connectivity index (χ4n) is 2.82. The Morgan fingerprint density at radius 2 is 2.16 bits per heavy atom. The van der Waals surface area contributed by atoms with Crippen molar-refractivity contribution in [1.82, 2.24) is 14.6 Å². The zero-order valence-electron chi connectivity index (χ0n) is 13.7. The van der Waals surface area contributed by atoms with Crippen LogP contribution in [-0.2, 0) is 16.6 Å². The molecule has 0 fully saturated rings. The molecule has 3 N–H and O–H groups in total. The van der Waals surface area contributed by atoms with Gasteiger partial charge < -0.3 is 15.7 Å². The summed E-state index contributed by atoms with van der Waals surface area (Å²) >= 11 is 0. The summed E-state index contributed by atoms with van der Waals surface area (Å²) in [4.78, 5) is 0.155. The third-order valence-corrected chi connectivity index (χ3v) is 5.87. The number of aliphatic hydroxyl groups is 1. The third kappa shape index (κ3) is 3.46. The van der Waals surface area contributed by atoms with Gasteiger partial charge in [-0.3, -0.25) is 0 Å². The van der Waals surface area contributed by atoms with Gasteiger partial charge in [0.2, 0.25) is 0 Å². The number of nitrogens with one attached hydrogen (secondary N) is 2. The molecule has 1 aliphatic heterocycles. The Kier molecular flexibility index (Phi) is 4.94. The number of halogens is 1. The second-order valence-electron chi connectivity index (χ2n) is 5.88. The number of aliphatic hydroxyl groups excluding tert-OH is 1. The van der Waals surface area contributed by atoms with E-state index in [0.29, 0.717) is 13.0 Å². The third-order valence-electron chi connectivity index (χ3n) is 4.06. The van der Waals surface area contributed by atoms with Crippen LogP contribution in [-0.4, -0.2) is 30.8 Å². The lowest BCUT2D eigenvalue weighted by Crippen LogP contribution is -2.30. The summed E-state index contributed by atoms with van der Waals surface area (Å²) in [5.74, 6) is -0.487. The molecule has 0 amide bonds. The minimum Gasteiger partial charge on any atom is -0.374 e. The highest BCUT2D eigenvalue weighted by atomic mass is 32.2. The van der Waals surface area contributed by atoms with Crippen molar-refractivity contribution in [3.8, 4) is 11.3 Å². The molecule has 134 valence electrons. The normalized spacial score (nSPS) is 17.9. The van der Waals surface area contributed by atoms with Gasteiger partial charge in [-0.05, 0) is 43.7 Å². The maximum absolute atomic E-state index is 14.2. The summed E-state index contributed by atoms with van der Waals surface area (Å²) in [5.41, 5.74) is 1.22. The van der Waals surface area contributed by atoms with Crippen LogP contribution in [0.4, 0.5) is 4.39 Å². The standard InChI is InChI=1S/C17H20FN3O3S/c1-19-9-12-8-16(14-4-2-3-5-15(14)18)21(11-12)25(23,24)13-6-7-17(22)20-10-13/h2-5,8,10-11,17,19-20,22H,6-7,9H2,1H3. The molecule has 0 radical (unpaired) electrons. The first-order valence-electron chi connectivity index (χ1n) is 7.93. The topological polar surface area (TPSA) is 83.4 Å². The van der Waals surface area contributed by atoms with Crippen LogP contribution in [0.5, 0.6) is 0 Å². The molecule has 1 aromatic carbocycles. The van der Waals surface area contributed by atoms with Gasteiger partial charge in [-0.2, -0.15) is 0 Å². The number of benzene rings is 1. The highest BCUT2D eigenvalue weighted by Crippen LogP contribution is 2.30. The number of rotatable bonds is 5. The zero-order chi connectivity index (χ0) is 18.0. The van der Waals surface area contributed by atoms with Crippen molar-refractivity contribution in [3.63, 3.8) is 0 Å². The van der Waals surface area contributed by atoms with E-state index in [2.05, 4.69) is 10.6 Å². The highest BCUT2D eigenvalue weighted by molar-refractivity contribution is 7.93. The smallest absolute Gasteiger partial charge is 0.265 e. The van der Waals surface area contributed by atoms with E-state index in [1.165, 1.54) is 18.5 Å². The molecule has 1 unspecified atom stereocenters. The fourth-order valence-corrected chi connectivity index (χ4v) is 4.34. The SMILES string of the molecule is CNCc1cc(-c2ccccc2F)n(S(=O)(=O)C2=CNC(O)CC2)c1.